The van der Waals surface area contributed by atoms with Gasteiger partial charge in [0.1, 0.15) is 6.04 Å². The van der Waals surface area contributed by atoms with E-state index in [0.717, 1.165) is 24.3 Å². The molecule has 1 unspecified atom stereocenters. The second-order valence-corrected chi connectivity index (χ2v) is 8.73. The molecule has 19 heavy (non-hydrogen) atoms. The van der Waals surface area contributed by atoms with Crippen LogP contribution in [0.1, 0.15) is 59.3 Å². The van der Waals surface area contributed by atoms with Crippen LogP contribution in [0, 0.1) is 39.9 Å². The van der Waals surface area contributed by atoms with Crippen LogP contribution in [-0.4, -0.2) is 12.6 Å². The molecule has 0 spiro atoms. The molecule has 4 fully saturated rings. The maximum Gasteiger partial charge on any atom is 0.100 e. The zero-order chi connectivity index (χ0) is 13.7. The van der Waals surface area contributed by atoms with Crippen molar-refractivity contribution in [2.45, 2.75) is 65.3 Å². The second kappa shape index (κ2) is 4.48. The minimum absolute atomic E-state index is 0.0134. The maximum absolute atomic E-state index is 9.36. The van der Waals surface area contributed by atoms with Crippen LogP contribution in [0.3, 0.4) is 0 Å². The molecule has 4 rings (SSSR count). The Morgan fingerprint density at radius 3 is 1.95 bits per heavy atom. The van der Waals surface area contributed by atoms with Gasteiger partial charge in [0.05, 0.1) is 6.07 Å². The SMILES string of the molecule is CC(C)(C)C(C#N)NCC12CC3CC(CC(C3)C1)C2. The van der Waals surface area contributed by atoms with Gasteiger partial charge in [0.2, 0.25) is 0 Å². The molecule has 0 radical (unpaired) electrons. The first-order valence-corrected chi connectivity index (χ1v) is 8.03. The summed E-state index contributed by atoms with van der Waals surface area (Å²) in [4.78, 5) is 0. The van der Waals surface area contributed by atoms with E-state index in [-0.39, 0.29) is 11.5 Å². The zero-order valence-corrected chi connectivity index (χ0v) is 12.7. The summed E-state index contributed by atoms with van der Waals surface area (Å²) < 4.78 is 0. The summed E-state index contributed by atoms with van der Waals surface area (Å²) in [6, 6.07) is 2.45. The molecule has 1 atom stereocenters. The van der Waals surface area contributed by atoms with Crippen molar-refractivity contribution >= 4 is 0 Å². The largest absolute Gasteiger partial charge is 0.301 e. The number of nitriles is 1. The molecular formula is C17H28N2. The molecule has 4 aliphatic rings. The highest BCUT2D eigenvalue weighted by atomic mass is 14.9. The molecule has 2 heteroatoms. The van der Waals surface area contributed by atoms with E-state index in [4.69, 9.17) is 0 Å². The van der Waals surface area contributed by atoms with Crippen LogP contribution in [0.25, 0.3) is 0 Å². The van der Waals surface area contributed by atoms with Gasteiger partial charge in [0.15, 0.2) is 0 Å². The molecule has 4 aliphatic carbocycles. The third-order valence-electron chi connectivity index (χ3n) is 5.84. The highest BCUT2D eigenvalue weighted by Crippen LogP contribution is 2.59. The first-order chi connectivity index (χ1) is 8.90. The van der Waals surface area contributed by atoms with Gasteiger partial charge < -0.3 is 5.32 Å². The predicted octanol–water partition coefficient (Wildman–Crippen LogP) is 3.73. The topological polar surface area (TPSA) is 35.8 Å². The third kappa shape index (κ3) is 2.55. The van der Waals surface area contributed by atoms with E-state index < -0.39 is 0 Å². The summed E-state index contributed by atoms with van der Waals surface area (Å²) in [6.45, 7) is 7.56. The van der Waals surface area contributed by atoms with Crippen molar-refractivity contribution in [2.75, 3.05) is 6.54 Å². The lowest BCUT2D eigenvalue weighted by atomic mass is 9.49. The summed E-state index contributed by atoms with van der Waals surface area (Å²) >= 11 is 0. The Morgan fingerprint density at radius 1 is 1.11 bits per heavy atom. The number of nitrogens with zero attached hydrogens (tertiary/aromatic N) is 1. The summed E-state index contributed by atoms with van der Waals surface area (Å²) in [5.41, 5.74) is 0.576. The molecule has 0 aromatic rings. The Kier molecular flexibility index (Phi) is 3.17. The molecule has 0 heterocycles. The van der Waals surface area contributed by atoms with Crippen LogP contribution in [0.4, 0.5) is 0 Å². The number of nitrogens with one attached hydrogen (secondary N) is 1. The molecule has 0 amide bonds. The van der Waals surface area contributed by atoms with Crippen LogP contribution in [-0.2, 0) is 0 Å². The fourth-order valence-electron chi connectivity index (χ4n) is 5.37. The van der Waals surface area contributed by atoms with Crippen molar-refractivity contribution in [1.29, 1.82) is 5.26 Å². The van der Waals surface area contributed by atoms with Gasteiger partial charge in [-0.2, -0.15) is 5.26 Å². The van der Waals surface area contributed by atoms with Gasteiger partial charge in [0.25, 0.3) is 0 Å². The van der Waals surface area contributed by atoms with Gasteiger partial charge in [0, 0.05) is 6.54 Å². The molecule has 0 aromatic heterocycles. The van der Waals surface area contributed by atoms with Gasteiger partial charge in [-0.15, -0.1) is 0 Å². The summed E-state index contributed by atoms with van der Waals surface area (Å²) in [7, 11) is 0. The van der Waals surface area contributed by atoms with Crippen LogP contribution in [0.2, 0.25) is 0 Å². The van der Waals surface area contributed by atoms with Gasteiger partial charge >= 0.3 is 0 Å². The Morgan fingerprint density at radius 2 is 1.58 bits per heavy atom. The van der Waals surface area contributed by atoms with E-state index in [1.807, 2.05) is 0 Å². The predicted molar refractivity (Wildman–Crippen MR) is 77.5 cm³/mol. The van der Waals surface area contributed by atoms with Gasteiger partial charge in [-0.1, -0.05) is 20.8 Å². The molecule has 0 saturated heterocycles. The highest BCUT2D eigenvalue weighted by Gasteiger charge is 2.50. The van der Waals surface area contributed by atoms with E-state index in [1.165, 1.54) is 38.5 Å². The van der Waals surface area contributed by atoms with Crippen molar-refractivity contribution in [3.8, 4) is 6.07 Å². The fraction of sp³-hybridized carbons (Fsp3) is 0.941. The van der Waals surface area contributed by atoms with Crippen molar-refractivity contribution in [3.63, 3.8) is 0 Å². The minimum Gasteiger partial charge on any atom is -0.301 e. The Hall–Kier alpha value is -0.550. The third-order valence-corrected chi connectivity index (χ3v) is 5.84. The van der Waals surface area contributed by atoms with Crippen LogP contribution in [0.15, 0.2) is 0 Å². The average Bonchev–Trinajstić information content (AvgIpc) is 2.25. The first-order valence-electron chi connectivity index (χ1n) is 8.03. The number of hydrogen-bond acceptors (Lipinski definition) is 2. The monoisotopic (exact) mass is 260 g/mol. The van der Waals surface area contributed by atoms with E-state index in [1.54, 1.807) is 0 Å². The van der Waals surface area contributed by atoms with Crippen molar-refractivity contribution < 1.29 is 0 Å². The highest BCUT2D eigenvalue weighted by molar-refractivity contribution is 5.05. The molecule has 0 aromatic carbocycles. The maximum atomic E-state index is 9.36. The van der Waals surface area contributed by atoms with E-state index in [0.29, 0.717) is 5.41 Å². The van der Waals surface area contributed by atoms with E-state index in [9.17, 15) is 5.26 Å². The molecule has 4 bridgehead atoms. The number of rotatable bonds is 3. The standard InChI is InChI=1S/C17H28N2/c1-16(2,3)15(10-18)19-11-17-7-12-4-13(8-17)6-14(5-12)9-17/h12-15,19H,4-9,11H2,1-3H3. The quantitative estimate of drug-likeness (QED) is 0.839. The fourth-order valence-corrected chi connectivity index (χ4v) is 5.37. The summed E-state index contributed by atoms with van der Waals surface area (Å²) in [5, 5.41) is 13.0. The Bertz CT molecular complexity index is 350. The second-order valence-electron chi connectivity index (χ2n) is 8.73. The van der Waals surface area contributed by atoms with Gasteiger partial charge in [-0.3, -0.25) is 0 Å². The van der Waals surface area contributed by atoms with Crippen molar-refractivity contribution in [3.05, 3.63) is 0 Å². The molecule has 2 nitrogen and oxygen atoms in total. The van der Waals surface area contributed by atoms with Gasteiger partial charge in [-0.25, -0.2) is 0 Å². The van der Waals surface area contributed by atoms with E-state index in [2.05, 4.69) is 32.2 Å². The van der Waals surface area contributed by atoms with Crippen molar-refractivity contribution in [1.82, 2.24) is 5.32 Å². The lowest BCUT2D eigenvalue weighted by Gasteiger charge is -2.57. The van der Waals surface area contributed by atoms with E-state index >= 15 is 0 Å². The summed E-state index contributed by atoms with van der Waals surface area (Å²) in [6.07, 6.45) is 8.78. The summed E-state index contributed by atoms with van der Waals surface area (Å²) in [5.74, 6) is 3.01. The first kappa shape index (κ1) is 13.4. The Balaban J connectivity index is 1.65. The lowest BCUT2D eigenvalue weighted by molar-refractivity contribution is -0.0529. The van der Waals surface area contributed by atoms with Gasteiger partial charge in [-0.05, 0) is 67.1 Å². The Labute approximate surface area is 118 Å². The zero-order valence-electron chi connectivity index (χ0n) is 12.7. The average molecular weight is 260 g/mol. The van der Waals surface area contributed by atoms with Crippen molar-refractivity contribution in [2.24, 2.45) is 28.6 Å². The molecule has 0 aliphatic heterocycles. The molecular weight excluding hydrogens is 232 g/mol. The molecule has 106 valence electrons. The lowest BCUT2D eigenvalue weighted by Crippen LogP contribution is -2.53. The normalized spacial score (nSPS) is 42.1. The van der Waals surface area contributed by atoms with Crippen LogP contribution < -0.4 is 5.32 Å². The van der Waals surface area contributed by atoms with Crippen LogP contribution in [0.5, 0.6) is 0 Å². The number of hydrogen-bond donors (Lipinski definition) is 1. The smallest absolute Gasteiger partial charge is 0.100 e. The molecule has 4 saturated carbocycles. The minimum atomic E-state index is -0.0134. The van der Waals surface area contributed by atoms with Crippen LogP contribution >= 0.6 is 0 Å². The molecule has 1 N–H and O–H groups in total.